The molecule has 3 nitrogen and oxygen atoms in total. The molecular formula is C15H12Br2O3S. The Hall–Kier alpha value is -0.980. The second kappa shape index (κ2) is 7.33. The first-order chi connectivity index (χ1) is 10.0. The number of ether oxygens (including phenoxy) is 1. The highest BCUT2D eigenvalue weighted by molar-refractivity contribution is 9.10. The molecule has 0 heterocycles. The summed E-state index contributed by atoms with van der Waals surface area (Å²) in [7, 11) is 0.207. The van der Waals surface area contributed by atoms with Gasteiger partial charge >= 0.3 is 0 Å². The number of benzene rings is 2. The normalized spacial score (nSPS) is 12.0. The fraction of sp³-hybridized carbons (Fsp3) is 0.133. The first-order valence-corrected chi connectivity index (χ1v) is 8.92. The van der Waals surface area contributed by atoms with E-state index in [4.69, 9.17) is 4.74 Å². The molecule has 0 radical (unpaired) electrons. The van der Waals surface area contributed by atoms with Crippen molar-refractivity contribution in [2.24, 2.45) is 0 Å². The number of hydrogen-bond donors (Lipinski definition) is 0. The molecule has 2 rings (SSSR count). The molecule has 110 valence electrons. The minimum Gasteiger partial charge on any atom is -0.496 e. The number of Topliss-reactive ketones (excluding diaryl/α,β-unsaturated/α-hetero) is 1. The quantitative estimate of drug-likeness (QED) is 0.666. The van der Waals surface area contributed by atoms with Gasteiger partial charge in [-0.3, -0.25) is 9.00 Å². The third kappa shape index (κ3) is 4.25. The van der Waals surface area contributed by atoms with Gasteiger partial charge in [-0.25, -0.2) is 0 Å². The van der Waals surface area contributed by atoms with Crippen LogP contribution in [0.15, 0.2) is 56.3 Å². The number of carbonyl (C=O) groups excluding carboxylic acids is 1. The minimum atomic E-state index is -1.35. The Balaban J connectivity index is 2.12. The van der Waals surface area contributed by atoms with Gasteiger partial charge < -0.3 is 4.74 Å². The van der Waals surface area contributed by atoms with Gasteiger partial charge in [0.05, 0.1) is 28.1 Å². The van der Waals surface area contributed by atoms with Crippen molar-refractivity contribution in [3.8, 4) is 5.75 Å². The molecule has 0 aliphatic heterocycles. The summed E-state index contributed by atoms with van der Waals surface area (Å²) >= 11 is 6.66. The molecule has 0 aliphatic carbocycles. The molecule has 1 unspecified atom stereocenters. The maximum absolute atomic E-state index is 12.2. The van der Waals surface area contributed by atoms with Gasteiger partial charge in [-0.1, -0.05) is 15.9 Å². The first kappa shape index (κ1) is 16.4. The molecule has 0 spiro atoms. The number of carbonyl (C=O) groups is 1. The van der Waals surface area contributed by atoms with Crippen LogP contribution in [-0.4, -0.2) is 22.9 Å². The lowest BCUT2D eigenvalue weighted by Gasteiger charge is -2.06. The van der Waals surface area contributed by atoms with Gasteiger partial charge in [-0.15, -0.1) is 0 Å². The Morgan fingerprint density at radius 1 is 1.14 bits per heavy atom. The Kier molecular flexibility index (Phi) is 5.72. The van der Waals surface area contributed by atoms with Gasteiger partial charge in [0.25, 0.3) is 0 Å². The molecule has 2 aromatic rings. The van der Waals surface area contributed by atoms with Crippen molar-refractivity contribution in [3.63, 3.8) is 0 Å². The van der Waals surface area contributed by atoms with Crippen molar-refractivity contribution < 1.29 is 13.7 Å². The highest BCUT2D eigenvalue weighted by atomic mass is 79.9. The SMILES string of the molecule is COc1ccc(C(=O)CS(=O)c2ccc(Br)cc2)cc1Br. The maximum Gasteiger partial charge on any atom is 0.175 e. The first-order valence-electron chi connectivity index (χ1n) is 6.02. The van der Waals surface area contributed by atoms with Crippen LogP contribution >= 0.6 is 31.9 Å². The molecule has 2 aromatic carbocycles. The van der Waals surface area contributed by atoms with Crippen LogP contribution in [0.2, 0.25) is 0 Å². The lowest BCUT2D eigenvalue weighted by molar-refractivity contribution is 0.102. The highest BCUT2D eigenvalue weighted by Crippen LogP contribution is 2.26. The predicted octanol–water partition coefficient (Wildman–Crippen LogP) is 4.21. The number of ketones is 1. The van der Waals surface area contributed by atoms with Gasteiger partial charge in [0.1, 0.15) is 5.75 Å². The second-order valence-corrected chi connectivity index (χ2v) is 7.44. The van der Waals surface area contributed by atoms with Crippen molar-refractivity contribution in [2.45, 2.75) is 4.90 Å². The highest BCUT2D eigenvalue weighted by Gasteiger charge is 2.14. The van der Waals surface area contributed by atoms with E-state index >= 15 is 0 Å². The largest absolute Gasteiger partial charge is 0.496 e. The van der Waals surface area contributed by atoms with Crippen LogP contribution in [0.4, 0.5) is 0 Å². The van der Waals surface area contributed by atoms with Crippen LogP contribution < -0.4 is 4.74 Å². The summed E-state index contributed by atoms with van der Waals surface area (Å²) in [6.07, 6.45) is 0. The molecule has 0 N–H and O–H groups in total. The van der Waals surface area contributed by atoms with Gasteiger partial charge in [-0.05, 0) is 58.4 Å². The minimum absolute atomic E-state index is 0.0413. The average molecular weight is 432 g/mol. The number of hydrogen-bond acceptors (Lipinski definition) is 3. The van der Waals surface area contributed by atoms with E-state index in [-0.39, 0.29) is 11.5 Å². The zero-order valence-electron chi connectivity index (χ0n) is 11.1. The number of rotatable bonds is 5. The molecule has 0 fully saturated rings. The Morgan fingerprint density at radius 2 is 1.81 bits per heavy atom. The molecule has 0 bridgehead atoms. The Bertz CT molecular complexity index is 684. The van der Waals surface area contributed by atoms with Crippen LogP contribution in [-0.2, 0) is 10.8 Å². The van der Waals surface area contributed by atoms with Crippen LogP contribution in [0.5, 0.6) is 5.75 Å². The molecule has 21 heavy (non-hydrogen) atoms. The van der Waals surface area contributed by atoms with E-state index < -0.39 is 10.8 Å². The molecular weight excluding hydrogens is 420 g/mol. The standard InChI is InChI=1S/C15H12Br2O3S/c1-20-15-7-2-10(8-13(15)17)14(18)9-21(19)12-5-3-11(16)4-6-12/h2-8H,9H2,1H3. The van der Waals surface area contributed by atoms with Gasteiger partial charge in [0.2, 0.25) is 0 Å². The molecule has 0 saturated carbocycles. The van der Waals surface area contributed by atoms with E-state index in [1.54, 1.807) is 37.4 Å². The third-order valence-corrected chi connectivity index (χ3v) is 5.28. The summed E-state index contributed by atoms with van der Waals surface area (Å²) < 4.78 is 18.9. The number of methoxy groups -OCH3 is 1. The number of halogens is 2. The van der Waals surface area contributed by atoms with Crippen molar-refractivity contribution in [2.75, 3.05) is 12.9 Å². The molecule has 1 atom stereocenters. The monoisotopic (exact) mass is 430 g/mol. The van der Waals surface area contributed by atoms with Crippen molar-refractivity contribution in [1.29, 1.82) is 0 Å². The predicted molar refractivity (Wildman–Crippen MR) is 90.4 cm³/mol. The maximum atomic E-state index is 12.2. The summed E-state index contributed by atoms with van der Waals surface area (Å²) in [5.74, 6) is 0.445. The van der Waals surface area contributed by atoms with Gasteiger partial charge in [0, 0.05) is 14.9 Å². The molecule has 0 aliphatic rings. The average Bonchev–Trinajstić information content (AvgIpc) is 2.47. The van der Waals surface area contributed by atoms with E-state index in [2.05, 4.69) is 31.9 Å². The van der Waals surface area contributed by atoms with Crippen LogP contribution in [0.25, 0.3) is 0 Å². The fourth-order valence-electron chi connectivity index (χ4n) is 1.71. The summed E-state index contributed by atoms with van der Waals surface area (Å²) in [5, 5.41) is 0. The molecule has 0 aromatic heterocycles. The van der Waals surface area contributed by atoms with E-state index in [1.165, 1.54) is 0 Å². The Labute approximate surface area is 142 Å². The lowest BCUT2D eigenvalue weighted by atomic mass is 10.1. The van der Waals surface area contributed by atoms with E-state index in [0.29, 0.717) is 20.7 Å². The third-order valence-electron chi connectivity index (χ3n) is 2.81. The zero-order chi connectivity index (χ0) is 15.4. The fourth-order valence-corrected chi connectivity index (χ4v) is 3.53. The van der Waals surface area contributed by atoms with E-state index in [1.807, 2.05) is 12.1 Å². The van der Waals surface area contributed by atoms with Crippen molar-refractivity contribution in [1.82, 2.24) is 0 Å². The topological polar surface area (TPSA) is 43.4 Å². The van der Waals surface area contributed by atoms with Crippen molar-refractivity contribution in [3.05, 3.63) is 57.0 Å². The lowest BCUT2D eigenvalue weighted by Crippen LogP contribution is -2.11. The van der Waals surface area contributed by atoms with E-state index in [9.17, 15) is 9.00 Å². The van der Waals surface area contributed by atoms with Crippen LogP contribution in [0.3, 0.4) is 0 Å². The Morgan fingerprint density at radius 3 is 2.38 bits per heavy atom. The van der Waals surface area contributed by atoms with Crippen LogP contribution in [0, 0.1) is 0 Å². The van der Waals surface area contributed by atoms with Gasteiger partial charge in [0.15, 0.2) is 5.78 Å². The second-order valence-electron chi connectivity index (χ2n) is 4.22. The van der Waals surface area contributed by atoms with Gasteiger partial charge in [-0.2, -0.15) is 0 Å². The molecule has 6 heteroatoms. The summed E-state index contributed by atoms with van der Waals surface area (Å²) in [6.45, 7) is 0. The zero-order valence-corrected chi connectivity index (χ0v) is 15.1. The molecule has 0 amide bonds. The smallest absolute Gasteiger partial charge is 0.175 e. The van der Waals surface area contributed by atoms with E-state index in [0.717, 1.165) is 4.47 Å². The van der Waals surface area contributed by atoms with Crippen LogP contribution in [0.1, 0.15) is 10.4 Å². The summed E-state index contributed by atoms with van der Waals surface area (Å²) in [4.78, 5) is 12.8. The summed E-state index contributed by atoms with van der Waals surface area (Å²) in [5.41, 5.74) is 0.508. The molecule has 0 saturated heterocycles. The summed E-state index contributed by atoms with van der Waals surface area (Å²) in [6, 6.07) is 12.2. The van der Waals surface area contributed by atoms with Crippen molar-refractivity contribution >= 4 is 48.4 Å².